The van der Waals surface area contributed by atoms with E-state index in [4.69, 9.17) is 4.74 Å². The minimum absolute atomic E-state index is 0. The topological polar surface area (TPSA) is 26.3 Å². The normalized spacial score (nSPS) is 10.3. The molecule has 0 aliphatic heterocycles. The summed E-state index contributed by atoms with van der Waals surface area (Å²) in [6.07, 6.45) is 18.9. The standard InChI is InChI=1S/C18H36O2S.Mg/c1-2-3-4-5-6-7-8-9-10-11-12-13-14-15-16-20-18(19)17-21;/h21H,2-17H2,1H3;. The van der Waals surface area contributed by atoms with Gasteiger partial charge in [-0.1, -0.05) is 90.4 Å². The van der Waals surface area contributed by atoms with Crippen LogP contribution in [-0.2, 0) is 9.53 Å². The SMILES string of the molecule is CCCCCCCCCCCCCCCCOC(=O)CS.[Mg]. The van der Waals surface area contributed by atoms with E-state index < -0.39 is 0 Å². The molecule has 0 N–H and O–H groups in total. The second kappa shape index (κ2) is 21.6. The summed E-state index contributed by atoms with van der Waals surface area (Å²) in [5.41, 5.74) is 0. The van der Waals surface area contributed by atoms with Gasteiger partial charge in [0.25, 0.3) is 0 Å². The molecule has 0 atom stereocenters. The maximum atomic E-state index is 10.8. The van der Waals surface area contributed by atoms with Gasteiger partial charge in [0.15, 0.2) is 0 Å². The Bertz CT molecular complexity index is 225. The van der Waals surface area contributed by atoms with Crippen molar-refractivity contribution in [2.45, 2.75) is 96.8 Å². The largest absolute Gasteiger partial charge is 0.465 e. The third kappa shape index (κ3) is 20.6. The van der Waals surface area contributed by atoms with E-state index in [1.165, 1.54) is 83.5 Å². The van der Waals surface area contributed by atoms with Gasteiger partial charge in [-0.2, -0.15) is 12.6 Å². The maximum Gasteiger partial charge on any atom is 0.315 e. The predicted molar refractivity (Wildman–Crippen MR) is 101 cm³/mol. The third-order valence-electron chi connectivity index (χ3n) is 3.89. The van der Waals surface area contributed by atoms with E-state index in [-0.39, 0.29) is 34.8 Å². The van der Waals surface area contributed by atoms with Crippen LogP contribution in [0.15, 0.2) is 0 Å². The molecule has 0 aromatic carbocycles. The van der Waals surface area contributed by atoms with Gasteiger partial charge in [0, 0.05) is 23.1 Å². The summed E-state index contributed by atoms with van der Waals surface area (Å²) in [5, 5.41) is 0. The number of ether oxygens (including phenoxy) is 1. The van der Waals surface area contributed by atoms with Gasteiger partial charge in [0.05, 0.1) is 12.4 Å². The van der Waals surface area contributed by atoms with E-state index >= 15 is 0 Å². The Morgan fingerprint density at radius 2 is 1.09 bits per heavy atom. The molecule has 0 bridgehead atoms. The lowest BCUT2D eigenvalue weighted by atomic mass is 10.0. The Labute approximate surface area is 160 Å². The highest BCUT2D eigenvalue weighted by molar-refractivity contribution is 7.81. The van der Waals surface area contributed by atoms with Crippen molar-refractivity contribution in [3.05, 3.63) is 0 Å². The van der Waals surface area contributed by atoms with Crippen molar-refractivity contribution in [1.29, 1.82) is 0 Å². The summed E-state index contributed by atoms with van der Waals surface area (Å²) in [5.74, 6) is -0.00784. The summed E-state index contributed by atoms with van der Waals surface area (Å²) < 4.78 is 4.98. The Hall–Kier alpha value is 0.586. The van der Waals surface area contributed by atoms with Gasteiger partial charge in [0.2, 0.25) is 0 Å². The zero-order valence-corrected chi connectivity index (χ0v) is 17.1. The molecule has 0 saturated heterocycles. The van der Waals surface area contributed by atoms with Crippen molar-refractivity contribution < 1.29 is 9.53 Å². The minimum Gasteiger partial charge on any atom is -0.465 e. The van der Waals surface area contributed by atoms with E-state index in [1.54, 1.807) is 0 Å². The van der Waals surface area contributed by atoms with Crippen molar-refractivity contribution in [1.82, 2.24) is 0 Å². The first-order chi connectivity index (χ1) is 10.3. The number of hydrogen-bond donors (Lipinski definition) is 1. The number of unbranched alkanes of at least 4 members (excludes halogenated alkanes) is 13. The first kappa shape index (κ1) is 24.8. The fourth-order valence-corrected chi connectivity index (χ4v) is 2.62. The molecule has 0 fully saturated rings. The molecule has 0 heterocycles. The second-order valence-corrected chi connectivity index (χ2v) is 6.29. The van der Waals surface area contributed by atoms with Gasteiger partial charge >= 0.3 is 5.97 Å². The third-order valence-corrected chi connectivity index (χ3v) is 4.15. The molecule has 128 valence electrons. The van der Waals surface area contributed by atoms with Crippen LogP contribution in [0.2, 0.25) is 0 Å². The quantitative estimate of drug-likeness (QED) is 0.172. The first-order valence-electron chi connectivity index (χ1n) is 9.07. The molecule has 0 aliphatic carbocycles. The molecule has 22 heavy (non-hydrogen) atoms. The van der Waals surface area contributed by atoms with E-state index in [0.717, 1.165) is 6.42 Å². The molecule has 0 spiro atoms. The van der Waals surface area contributed by atoms with Crippen molar-refractivity contribution in [2.75, 3.05) is 12.4 Å². The lowest BCUT2D eigenvalue weighted by molar-refractivity contribution is -0.140. The van der Waals surface area contributed by atoms with E-state index in [0.29, 0.717) is 6.61 Å². The van der Waals surface area contributed by atoms with Crippen LogP contribution < -0.4 is 0 Å². The van der Waals surface area contributed by atoms with Crippen LogP contribution in [-0.4, -0.2) is 41.4 Å². The highest BCUT2D eigenvalue weighted by Gasteiger charge is 1.98. The molecule has 0 aliphatic rings. The van der Waals surface area contributed by atoms with Gasteiger partial charge in [-0.25, -0.2) is 0 Å². The lowest BCUT2D eigenvalue weighted by Gasteiger charge is -2.04. The Morgan fingerprint density at radius 1 is 0.727 bits per heavy atom. The lowest BCUT2D eigenvalue weighted by Crippen LogP contribution is -2.06. The smallest absolute Gasteiger partial charge is 0.315 e. The second-order valence-electron chi connectivity index (χ2n) is 5.97. The van der Waals surface area contributed by atoms with E-state index in [9.17, 15) is 4.79 Å². The number of carbonyl (C=O) groups is 1. The van der Waals surface area contributed by atoms with Gasteiger partial charge < -0.3 is 4.74 Å². The van der Waals surface area contributed by atoms with Crippen LogP contribution in [0.3, 0.4) is 0 Å². The van der Waals surface area contributed by atoms with Crippen LogP contribution >= 0.6 is 12.6 Å². The van der Waals surface area contributed by atoms with Crippen molar-refractivity contribution in [3.63, 3.8) is 0 Å². The summed E-state index contributed by atoms with van der Waals surface area (Å²) >= 11 is 3.87. The summed E-state index contributed by atoms with van der Waals surface area (Å²) in [7, 11) is 0. The van der Waals surface area contributed by atoms with Crippen molar-refractivity contribution in [2.24, 2.45) is 0 Å². The number of thiol groups is 1. The molecule has 4 heteroatoms. The minimum atomic E-state index is -0.201. The van der Waals surface area contributed by atoms with Crippen molar-refractivity contribution >= 4 is 41.7 Å². The van der Waals surface area contributed by atoms with E-state index in [1.807, 2.05) is 0 Å². The molecule has 0 rings (SSSR count). The first-order valence-corrected chi connectivity index (χ1v) is 9.71. The molecule has 0 unspecified atom stereocenters. The number of rotatable bonds is 16. The zero-order valence-electron chi connectivity index (χ0n) is 14.8. The van der Waals surface area contributed by atoms with Crippen LogP contribution in [0.25, 0.3) is 0 Å². The Kier molecular flexibility index (Phi) is 24.4. The predicted octanol–water partition coefficient (Wildman–Crippen LogP) is 5.56. The van der Waals surface area contributed by atoms with Gasteiger partial charge in [-0.05, 0) is 6.42 Å². The molecule has 0 amide bonds. The molecular weight excluding hydrogens is 305 g/mol. The average molecular weight is 341 g/mol. The van der Waals surface area contributed by atoms with Crippen molar-refractivity contribution in [3.8, 4) is 0 Å². The number of hydrogen-bond acceptors (Lipinski definition) is 3. The van der Waals surface area contributed by atoms with Crippen LogP contribution in [0.1, 0.15) is 96.8 Å². The molecule has 0 aromatic heterocycles. The molecule has 0 saturated carbocycles. The summed E-state index contributed by atoms with van der Waals surface area (Å²) in [4.78, 5) is 10.8. The fourth-order valence-electron chi connectivity index (χ4n) is 2.53. The Balaban J connectivity index is 0. The maximum absolute atomic E-state index is 10.8. The van der Waals surface area contributed by atoms with Gasteiger partial charge in [0.1, 0.15) is 0 Å². The van der Waals surface area contributed by atoms with Gasteiger partial charge in [-0.3, -0.25) is 4.79 Å². The van der Waals surface area contributed by atoms with Crippen LogP contribution in [0, 0.1) is 0 Å². The molecule has 0 aromatic rings. The monoisotopic (exact) mass is 340 g/mol. The molecular formula is C18H36MgO2S. The molecule has 2 nitrogen and oxygen atoms in total. The number of carbonyl (C=O) groups excluding carboxylic acids is 1. The fraction of sp³-hybridized carbons (Fsp3) is 0.944. The van der Waals surface area contributed by atoms with Crippen LogP contribution in [0.4, 0.5) is 0 Å². The van der Waals surface area contributed by atoms with E-state index in [2.05, 4.69) is 19.6 Å². The van der Waals surface area contributed by atoms with Crippen LogP contribution in [0.5, 0.6) is 0 Å². The highest BCUT2D eigenvalue weighted by Crippen LogP contribution is 2.12. The highest BCUT2D eigenvalue weighted by atomic mass is 32.1. The zero-order chi connectivity index (χ0) is 15.6. The number of esters is 1. The summed E-state index contributed by atoms with van der Waals surface area (Å²) in [6, 6.07) is 0. The molecule has 2 radical (unpaired) electrons. The van der Waals surface area contributed by atoms with Gasteiger partial charge in [-0.15, -0.1) is 0 Å². The summed E-state index contributed by atoms with van der Waals surface area (Å²) in [6.45, 7) is 2.84. The Morgan fingerprint density at radius 3 is 1.45 bits per heavy atom. The average Bonchev–Trinajstić information content (AvgIpc) is 2.50.